The Morgan fingerprint density at radius 3 is 2.50 bits per heavy atom. The first kappa shape index (κ1) is 18.1. The van der Waals surface area contributed by atoms with Crippen molar-refractivity contribution in [1.29, 1.82) is 0 Å². The third-order valence-corrected chi connectivity index (χ3v) is 4.81. The summed E-state index contributed by atoms with van der Waals surface area (Å²) in [6, 6.07) is 15.4. The molecule has 7 heteroatoms. The predicted molar refractivity (Wildman–Crippen MR) is 105 cm³/mol. The number of H-pyrrole nitrogens is 1. The summed E-state index contributed by atoms with van der Waals surface area (Å²) in [6.07, 6.45) is 0. The molecule has 0 saturated carbocycles. The third kappa shape index (κ3) is 3.70. The van der Waals surface area contributed by atoms with Crippen molar-refractivity contribution in [2.75, 3.05) is 19.5 Å². The van der Waals surface area contributed by atoms with Crippen LogP contribution in [-0.2, 0) is 19.6 Å². The third-order valence-electron chi connectivity index (χ3n) is 4.81. The van der Waals surface area contributed by atoms with Crippen molar-refractivity contribution in [2.24, 2.45) is 0 Å². The van der Waals surface area contributed by atoms with Gasteiger partial charge in [0.2, 0.25) is 0 Å². The summed E-state index contributed by atoms with van der Waals surface area (Å²) in [5, 5.41) is 10.2. The number of ether oxygens (including phenoxy) is 2. The Hall–Kier alpha value is -3.32. The van der Waals surface area contributed by atoms with E-state index in [1.807, 2.05) is 18.2 Å². The zero-order valence-electron chi connectivity index (χ0n) is 15.9. The topological polar surface area (TPSA) is 79.5 Å². The van der Waals surface area contributed by atoms with Crippen molar-refractivity contribution in [3.8, 4) is 11.5 Å². The average molecular weight is 378 g/mol. The quantitative estimate of drug-likeness (QED) is 0.689. The van der Waals surface area contributed by atoms with E-state index >= 15 is 0 Å². The second kappa shape index (κ2) is 7.74. The highest BCUT2D eigenvalue weighted by Crippen LogP contribution is 2.29. The van der Waals surface area contributed by atoms with Gasteiger partial charge in [-0.15, -0.1) is 0 Å². The summed E-state index contributed by atoms with van der Waals surface area (Å²) in [5.41, 5.74) is 3.77. The molecule has 0 saturated heterocycles. The lowest BCUT2D eigenvalue weighted by atomic mass is 10.2. The van der Waals surface area contributed by atoms with Gasteiger partial charge >= 0.3 is 0 Å². The standard InChI is InChI=1S/C21H22N4O3/c1-27-16-8-15(9-17(10-16)28-2)21(26)22-20-18-12-25(13-19(18)23-24-20)11-14-6-4-3-5-7-14/h3-10H,11-13H2,1-2H3,(H2,22,23,24,26). The SMILES string of the molecule is COc1cc(OC)cc(C(=O)Nc2n[nH]c3c2CN(Cc2ccccc2)C3)c1. The number of hydrogen-bond donors (Lipinski definition) is 2. The maximum Gasteiger partial charge on any atom is 0.257 e. The monoisotopic (exact) mass is 378 g/mol. The summed E-state index contributed by atoms with van der Waals surface area (Å²) in [5.74, 6) is 1.43. The molecule has 1 aliphatic heterocycles. The Bertz CT molecular complexity index is 962. The minimum absolute atomic E-state index is 0.256. The Labute approximate surface area is 163 Å². The lowest BCUT2D eigenvalue weighted by Crippen LogP contribution is -2.18. The lowest BCUT2D eigenvalue weighted by Gasteiger charge is -2.15. The predicted octanol–water partition coefficient (Wildman–Crippen LogP) is 3.20. The van der Waals surface area contributed by atoms with E-state index in [0.29, 0.717) is 22.9 Å². The number of nitrogens with zero attached hydrogens (tertiary/aromatic N) is 2. The molecule has 3 aromatic rings. The van der Waals surface area contributed by atoms with Gasteiger partial charge in [-0.3, -0.25) is 14.8 Å². The Kier molecular flexibility index (Phi) is 4.99. The molecule has 28 heavy (non-hydrogen) atoms. The van der Waals surface area contributed by atoms with Crippen LogP contribution in [0.1, 0.15) is 27.2 Å². The molecule has 0 bridgehead atoms. The van der Waals surface area contributed by atoms with Gasteiger partial charge in [0, 0.05) is 36.8 Å². The Morgan fingerprint density at radius 2 is 1.82 bits per heavy atom. The normalized spacial score (nSPS) is 13.2. The molecular formula is C21H22N4O3. The highest BCUT2D eigenvalue weighted by molar-refractivity contribution is 6.04. The van der Waals surface area contributed by atoms with Crippen molar-refractivity contribution in [2.45, 2.75) is 19.6 Å². The van der Waals surface area contributed by atoms with E-state index in [1.54, 1.807) is 32.4 Å². The van der Waals surface area contributed by atoms with Gasteiger partial charge in [0.15, 0.2) is 5.82 Å². The maximum atomic E-state index is 12.7. The van der Waals surface area contributed by atoms with E-state index in [4.69, 9.17) is 9.47 Å². The molecule has 2 heterocycles. The van der Waals surface area contributed by atoms with Crippen LogP contribution in [0.3, 0.4) is 0 Å². The number of carbonyl (C=O) groups excluding carboxylic acids is 1. The first-order valence-corrected chi connectivity index (χ1v) is 9.03. The summed E-state index contributed by atoms with van der Waals surface area (Å²) in [4.78, 5) is 15.0. The second-order valence-corrected chi connectivity index (χ2v) is 6.72. The molecule has 0 radical (unpaired) electrons. The van der Waals surface area contributed by atoms with Crippen LogP contribution in [0.5, 0.6) is 11.5 Å². The van der Waals surface area contributed by atoms with Crippen LogP contribution in [0.2, 0.25) is 0 Å². The van der Waals surface area contributed by atoms with Gasteiger partial charge in [-0.05, 0) is 17.7 Å². The van der Waals surface area contributed by atoms with Gasteiger partial charge < -0.3 is 14.8 Å². The van der Waals surface area contributed by atoms with Gasteiger partial charge in [-0.25, -0.2) is 0 Å². The molecule has 0 fully saturated rings. The molecule has 1 aliphatic rings. The van der Waals surface area contributed by atoms with Gasteiger partial charge in [0.05, 0.1) is 19.9 Å². The molecule has 4 rings (SSSR count). The summed E-state index contributed by atoms with van der Waals surface area (Å²) in [7, 11) is 3.11. The van der Waals surface area contributed by atoms with Crippen LogP contribution in [0, 0.1) is 0 Å². The molecule has 1 amide bonds. The lowest BCUT2D eigenvalue weighted by molar-refractivity contribution is 0.102. The number of anilines is 1. The fourth-order valence-corrected chi connectivity index (χ4v) is 3.38. The molecule has 0 aliphatic carbocycles. The van der Waals surface area contributed by atoms with Gasteiger partial charge in [0.1, 0.15) is 11.5 Å². The Balaban J connectivity index is 1.47. The van der Waals surface area contributed by atoms with Crippen molar-refractivity contribution < 1.29 is 14.3 Å². The summed E-state index contributed by atoms with van der Waals surface area (Å²) >= 11 is 0. The number of hydrogen-bond acceptors (Lipinski definition) is 5. The van der Waals surface area contributed by atoms with Gasteiger partial charge in [-0.2, -0.15) is 5.10 Å². The maximum absolute atomic E-state index is 12.7. The molecule has 7 nitrogen and oxygen atoms in total. The first-order chi connectivity index (χ1) is 13.7. The minimum Gasteiger partial charge on any atom is -0.497 e. The molecule has 0 atom stereocenters. The minimum atomic E-state index is -0.256. The molecule has 144 valence electrons. The molecule has 1 aromatic heterocycles. The fourth-order valence-electron chi connectivity index (χ4n) is 3.38. The smallest absolute Gasteiger partial charge is 0.257 e. The van der Waals surface area contributed by atoms with E-state index in [-0.39, 0.29) is 5.91 Å². The average Bonchev–Trinajstić information content (AvgIpc) is 3.29. The number of methoxy groups -OCH3 is 2. The number of amides is 1. The molecule has 0 spiro atoms. The number of aromatic nitrogens is 2. The van der Waals surface area contributed by atoms with Gasteiger partial charge in [0.25, 0.3) is 5.91 Å². The highest BCUT2D eigenvalue weighted by Gasteiger charge is 2.26. The van der Waals surface area contributed by atoms with Crippen molar-refractivity contribution >= 4 is 11.7 Å². The number of carbonyl (C=O) groups is 1. The zero-order chi connectivity index (χ0) is 19.5. The summed E-state index contributed by atoms with van der Waals surface area (Å²) < 4.78 is 10.5. The number of rotatable bonds is 6. The van der Waals surface area contributed by atoms with E-state index in [9.17, 15) is 4.79 Å². The van der Waals surface area contributed by atoms with Crippen LogP contribution in [-0.4, -0.2) is 35.2 Å². The van der Waals surface area contributed by atoms with Crippen LogP contribution in [0.4, 0.5) is 5.82 Å². The highest BCUT2D eigenvalue weighted by atomic mass is 16.5. The van der Waals surface area contributed by atoms with E-state index in [1.165, 1.54) is 5.56 Å². The van der Waals surface area contributed by atoms with Crippen LogP contribution < -0.4 is 14.8 Å². The van der Waals surface area contributed by atoms with Crippen molar-refractivity contribution in [3.05, 3.63) is 70.9 Å². The zero-order valence-corrected chi connectivity index (χ0v) is 15.9. The van der Waals surface area contributed by atoms with E-state index in [2.05, 4.69) is 32.5 Å². The molecule has 0 unspecified atom stereocenters. The number of nitrogens with one attached hydrogen (secondary N) is 2. The molecule has 2 N–H and O–H groups in total. The van der Waals surface area contributed by atoms with Crippen molar-refractivity contribution in [1.82, 2.24) is 15.1 Å². The Morgan fingerprint density at radius 1 is 1.11 bits per heavy atom. The number of aromatic amines is 1. The second-order valence-electron chi connectivity index (χ2n) is 6.72. The largest absolute Gasteiger partial charge is 0.497 e. The molecule has 2 aromatic carbocycles. The van der Waals surface area contributed by atoms with E-state index in [0.717, 1.165) is 30.9 Å². The first-order valence-electron chi connectivity index (χ1n) is 9.03. The summed E-state index contributed by atoms with van der Waals surface area (Å²) in [6.45, 7) is 2.36. The van der Waals surface area contributed by atoms with Crippen LogP contribution >= 0.6 is 0 Å². The van der Waals surface area contributed by atoms with Crippen molar-refractivity contribution in [3.63, 3.8) is 0 Å². The van der Waals surface area contributed by atoms with Crippen LogP contribution in [0.25, 0.3) is 0 Å². The fraction of sp³-hybridized carbons (Fsp3) is 0.238. The van der Waals surface area contributed by atoms with Crippen LogP contribution in [0.15, 0.2) is 48.5 Å². The number of benzene rings is 2. The van der Waals surface area contributed by atoms with E-state index < -0.39 is 0 Å². The number of fused-ring (bicyclic) bond motifs is 1. The molecular weight excluding hydrogens is 356 g/mol. The van der Waals surface area contributed by atoms with Gasteiger partial charge in [-0.1, -0.05) is 30.3 Å².